The van der Waals surface area contributed by atoms with Gasteiger partial charge < -0.3 is 24.2 Å². The molecule has 4 atom stereocenters. The largest absolute Gasteiger partial charge is 0.493 e. The Morgan fingerprint density at radius 2 is 2.29 bits per heavy atom. The average molecular weight is 385 g/mol. The van der Waals surface area contributed by atoms with Crippen LogP contribution in [0.25, 0.3) is 0 Å². The molecule has 1 amide bonds. The van der Waals surface area contributed by atoms with E-state index >= 15 is 0 Å². The van der Waals surface area contributed by atoms with Crippen molar-refractivity contribution < 1.29 is 28.9 Å². The van der Waals surface area contributed by atoms with Gasteiger partial charge in [0.25, 0.3) is 0 Å². The van der Waals surface area contributed by atoms with Gasteiger partial charge in [0.15, 0.2) is 23.4 Å². The number of benzene rings is 1. The van der Waals surface area contributed by atoms with Crippen molar-refractivity contribution in [3.05, 3.63) is 35.9 Å². The molecule has 0 radical (unpaired) electrons. The molecule has 1 saturated carbocycles. The van der Waals surface area contributed by atoms with Crippen LogP contribution in [-0.4, -0.2) is 59.9 Å². The summed E-state index contributed by atoms with van der Waals surface area (Å²) in [6, 6.07) is 3.31. The molecule has 7 heteroatoms. The summed E-state index contributed by atoms with van der Waals surface area (Å²) in [4.78, 5) is 27.1. The molecule has 4 unspecified atom stereocenters. The number of Topliss-reactive ketones (excluding diaryl/α,β-unsaturated/α-hetero) is 1. The highest BCUT2D eigenvalue weighted by atomic mass is 16.6. The molecule has 2 heterocycles. The molecular formula is C21H23NO6. The first-order valence-corrected chi connectivity index (χ1v) is 9.64. The van der Waals surface area contributed by atoms with Crippen molar-refractivity contribution in [1.29, 1.82) is 0 Å². The van der Waals surface area contributed by atoms with Crippen LogP contribution in [0.2, 0.25) is 0 Å². The van der Waals surface area contributed by atoms with E-state index in [9.17, 15) is 14.7 Å². The third-order valence-corrected chi connectivity index (χ3v) is 7.02. The van der Waals surface area contributed by atoms with Crippen molar-refractivity contribution in [2.75, 3.05) is 20.3 Å². The van der Waals surface area contributed by atoms with Gasteiger partial charge in [0, 0.05) is 18.5 Å². The molecule has 0 aromatic heterocycles. The van der Waals surface area contributed by atoms with Crippen molar-refractivity contribution in [3.63, 3.8) is 0 Å². The Labute approximate surface area is 162 Å². The molecule has 4 aliphatic rings. The lowest BCUT2D eigenvalue weighted by Gasteiger charge is -2.61. The fourth-order valence-corrected chi connectivity index (χ4v) is 5.91. The minimum Gasteiger partial charge on any atom is -0.493 e. The molecule has 148 valence electrons. The summed E-state index contributed by atoms with van der Waals surface area (Å²) in [7, 11) is 1.57. The van der Waals surface area contributed by atoms with Crippen LogP contribution in [0.3, 0.4) is 0 Å². The van der Waals surface area contributed by atoms with Crippen LogP contribution < -0.4 is 9.47 Å². The van der Waals surface area contributed by atoms with E-state index < -0.39 is 29.3 Å². The Morgan fingerprint density at radius 3 is 3.04 bits per heavy atom. The third-order valence-electron chi connectivity index (χ3n) is 7.02. The minimum atomic E-state index is -1.25. The Balaban J connectivity index is 1.68. The van der Waals surface area contributed by atoms with Gasteiger partial charge >= 0.3 is 6.09 Å². The summed E-state index contributed by atoms with van der Waals surface area (Å²) < 4.78 is 16.9. The summed E-state index contributed by atoms with van der Waals surface area (Å²) in [5.41, 5.74) is -0.215. The second-order valence-corrected chi connectivity index (χ2v) is 8.02. The van der Waals surface area contributed by atoms with E-state index in [1.165, 1.54) is 6.08 Å². The van der Waals surface area contributed by atoms with Crippen LogP contribution in [-0.2, 0) is 21.4 Å². The Bertz CT molecular complexity index is 897. The SMILES string of the molecule is C=CCOC(=O)N1CCC23c4c5ccc(OC)c4OC2C(=O)CCC3(O)C1C5. The molecule has 1 saturated heterocycles. The predicted molar refractivity (Wildman–Crippen MR) is 98.6 cm³/mol. The zero-order valence-corrected chi connectivity index (χ0v) is 15.8. The first-order chi connectivity index (χ1) is 13.5. The zero-order chi connectivity index (χ0) is 19.7. The monoisotopic (exact) mass is 385 g/mol. The Kier molecular flexibility index (Phi) is 3.59. The van der Waals surface area contributed by atoms with Gasteiger partial charge in [-0.15, -0.1) is 0 Å². The molecular weight excluding hydrogens is 362 g/mol. The number of amides is 1. The van der Waals surface area contributed by atoms with Gasteiger partial charge in [-0.25, -0.2) is 4.79 Å². The molecule has 2 bridgehead atoms. The smallest absolute Gasteiger partial charge is 0.410 e. The number of hydrogen-bond donors (Lipinski definition) is 1. The number of likely N-dealkylation sites (tertiary alicyclic amines) is 1. The lowest BCUT2D eigenvalue weighted by molar-refractivity contribution is -0.183. The standard InChI is InChI=1S/C21H23NO6/c1-3-10-27-19(24)22-9-8-20-16-12-4-5-14(26-2)17(16)28-18(20)13(23)6-7-21(20,25)15(22)11-12/h3-5,15,18,25H,1,6-11H2,2H3. The van der Waals surface area contributed by atoms with Crippen molar-refractivity contribution >= 4 is 11.9 Å². The second-order valence-electron chi connectivity index (χ2n) is 8.02. The third kappa shape index (κ3) is 1.87. The van der Waals surface area contributed by atoms with Crippen molar-refractivity contribution in [2.24, 2.45) is 0 Å². The van der Waals surface area contributed by atoms with E-state index in [1.807, 2.05) is 12.1 Å². The molecule has 2 aliphatic carbocycles. The van der Waals surface area contributed by atoms with Gasteiger partial charge in [0.1, 0.15) is 6.61 Å². The number of ether oxygens (including phenoxy) is 3. The van der Waals surface area contributed by atoms with Crippen LogP contribution in [0, 0.1) is 0 Å². The second kappa shape index (κ2) is 5.73. The zero-order valence-electron chi connectivity index (χ0n) is 15.8. The van der Waals surface area contributed by atoms with E-state index in [1.54, 1.807) is 12.0 Å². The van der Waals surface area contributed by atoms with Gasteiger partial charge in [0.05, 0.1) is 24.2 Å². The molecule has 1 aromatic carbocycles. The number of piperidine rings is 1. The fraction of sp³-hybridized carbons (Fsp3) is 0.524. The van der Waals surface area contributed by atoms with E-state index in [0.717, 1.165) is 11.1 Å². The maximum absolute atomic E-state index is 12.8. The summed E-state index contributed by atoms with van der Waals surface area (Å²) in [6.07, 6.45) is 1.76. The quantitative estimate of drug-likeness (QED) is 0.798. The number of rotatable bonds is 3. The van der Waals surface area contributed by atoms with Crippen LogP contribution >= 0.6 is 0 Å². The highest BCUT2D eigenvalue weighted by molar-refractivity contribution is 5.90. The number of carbonyl (C=O) groups is 2. The number of methoxy groups -OCH3 is 1. The van der Waals surface area contributed by atoms with Crippen molar-refractivity contribution in [2.45, 2.75) is 48.8 Å². The summed E-state index contributed by atoms with van der Waals surface area (Å²) in [6.45, 7) is 4.09. The maximum Gasteiger partial charge on any atom is 0.410 e. The Morgan fingerprint density at radius 1 is 1.46 bits per heavy atom. The topological polar surface area (TPSA) is 85.3 Å². The summed E-state index contributed by atoms with van der Waals surface area (Å²) >= 11 is 0. The van der Waals surface area contributed by atoms with E-state index in [-0.39, 0.29) is 18.8 Å². The number of aliphatic hydroxyl groups is 1. The normalized spacial score (nSPS) is 34.4. The Hall–Kier alpha value is -2.54. The van der Waals surface area contributed by atoms with Gasteiger partial charge in [0.2, 0.25) is 0 Å². The highest BCUT2D eigenvalue weighted by Gasteiger charge is 2.73. The lowest BCUT2D eigenvalue weighted by Crippen LogP contribution is -2.77. The molecule has 1 spiro atoms. The molecule has 5 rings (SSSR count). The molecule has 1 aromatic rings. The van der Waals surface area contributed by atoms with Gasteiger partial charge in [-0.2, -0.15) is 0 Å². The van der Waals surface area contributed by atoms with E-state index in [0.29, 0.717) is 37.3 Å². The van der Waals surface area contributed by atoms with Gasteiger partial charge in [-0.3, -0.25) is 4.79 Å². The van der Waals surface area contributed by atoms with Crippen LogP contribution in [0.15, 0.2) is 24.8 Å². The van der Waals surface area contributed by atoms with Crippen LogP contribution in [0.5, 0.6) is 11.5 Å². The van der Waals surface area contributed by atoms with E-state index in [2.05, 4.69) is 6.58 Å². The first kappa shape index (κ1) is 17.6. The molecule has 1 N–H and O–H groups in total. The molecule has 28 heavy (non-hydrogen) atoms. The van der Waals surface area contributed by atoms with Gasteiger partial charge in [-0.1, -0.05) is 18.7 Å². The minimum absolute atomic E-state index is 0.00258. The number of hydrogen-bond acceptors (Lipinski definition) is 6. The van der Waals surface area contributed by atoms with E-state index in [4.69, 9.17) is 14.2 Å². The number of nitrogens with zero attached hydrogens (tertiary/aromatic N) is 1. The maximum atomic E-state index is 12.8. The molecule has 7 nitrogen and oxygen atoms in total. The summed E-state index contributed by atoms with van der Waals surface area (Å²) in [5.74, 6) is 1.14. The lowest BCUT2D eigenvalue weighted by atomic mass is 9.49. The number of carbonyl (C=O) groups excluding carboxylic acids is 2. The average Bonchev–Trinajstić information content (AvgIpc) is 3.04. The van der Waals surface area contributed by atoms with Crippen LogP contribution in [0.1, 0.15) is 30.4 Å². The van der Waals surface area contributed by atoms with Crippen molar-refractivity contribution in [1.82, 2.24) is 4.90 Å². The van der Waals surface area contributed by atoms with Gasteiger partial charge in [-0.05, 0) is 30.9 Å². The van der Waals surface area contributed by atoms with Crippen molar-refractivity contribution in [3.8, 4) is 11.5 Å². The first-order valence-electron chi connectivity index (χ1n) is 9.64. The number of ketones is 1. The molecule has 2 aliphatic heterocycles. The predicted octanol–water partition coefficient (Wildman–Crippen LogP) is 1.74. The summed E-state index contributed by atoms with van der Waals surface area (Å²) in [5, 5.41) is 12.0. The fourth-order valence-electron chi connectivity index (χ4n) is 5.91. The molecule has 2 fully saturated rings. The highest BCUT2D eigenvalue weighted by Crippen LogP contribution is 2.64. The van der Waals surface area contributed by atoms with Crippen LogP contribution in [0.4, 0.5) is 4.79 Å².